The molecule has 8 nitrogen and oxygen atoms in total. The second-order valence-corrected chi connectivity index (χ2v) is 8.00. The molecule has 1 aliphatic rings. The largest absolute Gasteiger partial charge is 0.484 e. The Morgan fingerprint density at radius 2 is 1.87 bits per heavy atom. The molecule has 2 amide bonds. The summed E-state index contributed by atoms with van der Waals surface area (Å²) in [7, 11) is 0. The van der Waals surface area contributed by atoms with Gasteiger partial charge in [-0.3, -0.25) is 14.4 Å². The number of carbonyl (C=O) groups is 2. The van der Waals surface area contributed by atoms with Crippen LogP contribution in [0, 0.1) is 0 Å². The van der Waals surface area contributed by atoms with Crippen molar-refractivity contribution in [3.8, 4) is 5.75 Å². The number of nitrogens with two attached hydrogens (primary N) is 1. The number of hydrogen-bond donors (Lipinski definition) is 3. The summed E-state index contributed by atoms with van der Waals surface area (Å²) in [6.07, 6.45) is 0.135. The van der Waals surface area contributed by atoms with Crippen LogP contribution >= 0.6 is 11.8 Å². The number of amides is 2. The molecule has 0 saturated carbocycles. The first-order valence-electron chi connectivity index (χ1n) is 9.61. The second kappa shape index (κ2) is 9.05. The van der Waals surface area contributed by atoms with Crippen LogP contribution in [0.25, 0.3) is 0 Å². The summed E-state index contributed by atoms with van der Waals surface area (Å²) < 4.78 is 5.27. The van der Waals surface area contributed by atoms with Crippen molar-refractivity contribution in [2.75, 3.05) is 11.9 Å². The molecule has 1 aliphatic heterocycles. The summed E-state index contributed by atoms with van der Waals surface area (Å²) in [6.45, 7) is -0.221. The van der Waals surface area contributed by atoms with Crippen molar-refractivity contribution in [3.05, 3.63) is 81.6 Å². The van der Waals surface area contributed by atoms with Gasteiger partial charge in [-0.15, -0.1) is 0 Å². The average molecular weight is 436 g/mol. The Kier molecular flexibility index (Phi) is 6.03. The van der Waals surface area contributed by atoms with Gasteiger partial charge in [0, 0.05) is 18.1 Å². The van der Waals surface area contributed by atoms with Crippen molar-refractivity contribution in [2.45, 2.75) is 23.2 Å². The van der Waals surface area contributed by atoms with Crippen molar-refractivity contribution in [3.63, 3.8) is 0 Å². The molecule has 1 aromatic heterocycles. The Hall–Kier alpha value is -3.59. The Balaban J connectivity index is 1.58. The maximum absolute atomic E-state index is 12.9. The van der Waals surface area contributed by atoms with Gasteiger partial charge in [-0.2, -0.15) is 0 Å². The van der Waals surface area contributed by atoms with Gasteiger partial charge in [0.25, 0.3) is 11.5 Å². The van der Waals surface area contributed by atoms with Crippen LogP contribution in [-0.2, 0) is 15.3 Å². The predicted molar refractivity (Wildman–Crippen MR) is 117 cm³/mol. The van der Waals surface area contributed by atoms with E-state index in [4.69, 9.17) is 10.5 Å². The zero-order valence-corrected chi connectivity index (χ0v) is 17.3. The van der Waals surface area contributed by atoms with Gasteiger partial charge in [0.05, 0.1) is 5.56 Å². The van der Waals surface area contributed by atoms with Crippen LogP contribution in [-0.4, -0.2) is 28.4 Å². The third-order valence-electron chi connectivity index (χ3n) is 4.81. The molecule has 0 fully saturated rings. The SMILES string of the molecule is NC(=O)COc1ccc(C2CC(=O)Nc3nc(SCc4ccccc4)[nH]c(=O)c32)cc1. The highest BCUT2D eigenvalue weighted by atomic mass is 32.2. The summed E-state index contributed by atoms with van der Waals surface area (Å²) >= 11 is 1.40. The highest BCUT2D eigenvalue weighted by Gasteiger charge is 2.31. The molecule has 1 atom stereocenters. The fourth-order valence-electron chi connectivity index (χ4n) is 3.38. The number of rotatable bonds is 7. The Morgan fingerprint density at radius 3 is 2.58 bits per heavy atom. The quantitative estimate of drug-likeness (QED) is 0.386. The molecule has 0 spiro atoms. The summed E-state index contributed by atoms with van der Waals surface area (Å²) in [5.74, 6) is 0.201. The van der Waals surface area contributed by atoms with E-state index in [1.807, 2.05) is 30.3 Å². The number of hydrogen-bond acceptors (Lipinski definition) is 6. The molecule has 4 N–H and O–H groups in total. The summed E-state index contributed by atoms with van der Waals surface area (Å²) in [5.41, 5.74) is 7.11. The van der Waals surface area contributed by atoms with Gasteiger partial charge in [-0.25, -0.2) is 4.98 Å². The van der Waals surface area contributed by atoms with E-state index in [9.17, 15) is 14.4 Å². The lowest BCUT2D eigenvalue weighted by molar-refractivity contribution is -0.120. The number of nitrogens with zero attached hydrogens (tertiary/aromatic N) is 1. The van der Waals surface area contributed by atoms with E-state index in [1.54, 1.807) is 24.3 Å². The summed E-state index contributed by atoms with van der Waals surface area (Å²) in [6, 6.07) is 16.7. The van der Waals surface area contributed by atoms with Crippen molar-refractivity contribution in [1.29, 1.82) is 0 Å². The molecule has 0 radical (unpaired) electrons. The van der Waals surface area contributed by atoms with E-state index >= 15 is 0 Å². The van der Waals surface area contributed by atoms with Gasteiger partial charge in [0.2, 0.25) is 5.91 Å². The number of thioether (sulfide) groups is 1. The molecular weight excluding hydrogens is 416 g/mol. The molecule has 0 bridgehead atoms. The van der Waals surface area contributed by atoms with E-state index in [-0.39, 0.29) is 30.3 Å². The standard InChI is InChI=1S/C22H20N4O4S/c23-17(27)11-30-15-8-6-14(7-9-15)16-10-18(28)24-20-19(16)21(29)26-22(25-20)31-12-13-4-2-1-3-5-13/h1-9,16H,10-12H2,(H2,23,27)(H2,24,25,26,28,29). The lowest BCUT2D eigenvalue weighted by Gasteiger charge is -2.24. The predicted octanol–water partition coefficient (Wildman–Crippen LogP) is 2.40. The van der Waals surface area contributed by atoms with Gasteiger partial charge in [-0.1, -0.05) is 54.2 Å². The summed E-state index contributed by atoms with van der Waals surface area (Å²) in [4.78, 5) is 43.4. The minimum Gasteiger partial charge on any atom is -0.484 e. The normalized spacial score (nSPS) is 15.1. The number of aromatic amines is 1. The van der Waals surface area contributed by atoms with E-state index in [1.165, 1.54) is 11.8 Å². The smallest absolute Gasteiger partial charge is 0.257 e. The van der Waals surface area contributed by atoms with Gasteiger partial charge in [0.15, 0.2) is 11.8 Å². The Morgan fingerprint density at radius 1 is 1.13 bits per heavy atom. The maximum atomic E-state index is 12.9. The zero-order chi connectivity index (χ0) is 21.8. The number of nitrogens with one attached hydrogen (secondary N) is 2. The monoisotopic (exact) mass is 436 g/mol. The van der Waals surface area contributed by atoms with Crippen LogP contribution < -0.4 is 21.3 Å². The van der Waals surface area contributed by atoms with Crippen LogP contribution in [0.2, 0.25) is 0 Å². The van der Waals surface area contributed by atoms with Crippen molar-refractivity contribution < 1.29 is 14.3 Å². The van der Waals surface area contributed by atoms with Crippen LogP contribution in [0.1, 0.15) is 29.0 Å². The number of primary amides is 1. The number of aromatic nitrogens is 2. The fraction of sp³-hybridized carbons (Fsp3) is 0.182. The first kappa shape index (κ1) is 20.7. The lowest BCUT2D eigenvalue weighted by atomic mass is 9.87. The molecule has 31 heavy (non-hydrogen) atoms. The Labute approximate surface area is 182 Å². The third-order valence-corrected chi connectivity index (χ3v) is 5.76. The number of ether oxygens (including phenoxy) is 1. The first-order valence-corrected chi connectivity index (χ1v) is 10.6. The van der Waals surface area contributed by atoms with Crippen molar-refractivity contribution in [2.24, 2.45) is 5.73 Å². The number of carbonyl (C=O) groups excluding carboxylic acids is 2. The highest BCUT2D eigenvalue weighted by Crippen LogP contribution is 2.35. The van der Waals surface area contributed by atoms with Crippen LogP contribution in [0.15, 0.2) is 64.5 Å². The van der Waals surface area contributed by atoms with Crippen LogP contribution in [0.3, 0.4) is 0 Å². The third kappa shape index (κ3) is 4.95. The fourth-order valence-corrected chi connectivity index (χ4v) is 4.20. The van der Waals surface area contributed by atoms with Gasteiger partial charge < -0.3 is 20.8 Å². The molecular formula is C22H20N4O4S. The molecule has 3 aromatic rings. The molecule has 9 heteroatoms. The van der Waals surface area contributed by atoms with Gasteiger partial charge in [0.1, 0.15) is 11.6 Å². The molecule has 0 saturated heterocycles. The van der Waals surface area contributed by atoms with E-state index in [0.29, 0.717) is 22.2 Å². The summed E-state index contributed by atoms with van der Waals surface area (Å²) in [5, 5.41) is 3.17. The topological polar surface area (TPSA) is 127 Å². The highest BCUT2D eigenvalue weighted by molar-refractivity contribution is 7.98. The van der Waals surface area contributed by atoms with E-state index in [0.717, 1.165) is 11.1 Å². The number of anilines is 1. The van der Waals surface area contributed by atoms with Crippen molar-refractivity contribution >= 4 is 29.4 Å². The number of fused-ring (bicyclic) bond motifs is 1. The number of benzene rings is 2. The molecule has 2 heterocycles. The second-order valence-electron chi connectivity index (χ2n) is 7.04. The van der Waals surface area contributed by atoms with Crippen LogP contribution in [0.5, 0.6) is 5.75 Å². The molecule has 0 aliphatic carbocycles. The molecule has 158 valence electrons. The average Bonchev–Trinajstić information content (AvgIpc) is 2.76. The van der Waals surface area contributed by atoms with E-state index < -0.39 is 11.8 Å². The minimum atomic E-state index is -0.569. The molecule has 2 aromatic carbocycles. The lowest BCUT2D eigenvalue weighted by Crippen LogP contribution is -2.31. The molecule has 1 unspecified atom stereocenters. The molecule has 4 rings (SSSR count). The van der Waals surface area contributed by atoms with Crippen molar-refractivity contribution in [1.82, 2.24) is 9.97 Å². The zero-order valence-electron chi connectivity index (χ0n) is 16.5. The Bertz CT molecular complexity index is 1160. The minimum absolute atomic E-state index is 0.135. The van der Waals surface area contributed by atoms with Crippen LogP contribution in [0.4, 0.5) is 5.82 Å². The van der Waals surface area contributed by atoms with E-state index in [2.05, 4.69) is 15.3 Å². The van der Waals surface area contributed by atoms with Gasteiger partial charge >= 0.3 is 0 Å². The number of H-pyrrole nitrogens is 1. The maximum Gasteiger partial charge on any atom is 0.257 e. The van der Waals surface area contributed by atoms with Gasteiger partial charge in [-0.05, 0) is 23.3 Å². The first-order chi connectivity index (χ1) is 15.0.